The number of carbonyl (C=O) groups is 1. The number of hydrogen-bond acceptors (Lipinski definition) is 3. The van der Waals surface area contributed by atoms with Crippen molar-refractivity contribution in [1.29, 1.82) is 0 Å². The molecule has 1 aromatic heterocycles. The Morgan fingerprint density at radius 1 is 1.35 bits per heavy atom. The second-order valence-electron chi connectivity index (χ2n) is 4.61. The van der Waals surface area contributed by atoms with Crippen LogP contribution in [0.15, 0.2) is 24.3 Å². The lowest BCUT2D eigenvalue weighted by molar-refractivity contribution is 0.101. The minimum absolute atomic E-state index is 0.00485. The van der Waals surface area contributed by atoms with Gasteiger partial charge in [-0.05, 0) is 32.9 Å². The highest BCUT2D eigenvalue weighted by molar-refractivity contribution is 6.31. The van der Waals surface area contributed by atoms with Crippen LogP contribution in [0.2, 0.25) is 5.02 Å². The topological polar surface area (TPSA) is 44.1 Å². The van der Waals surface area contributed by atoms with Crippen LogP contribution < -0.4 is 4.74 Å². The van der Waals surface area contributed by atoms with Crippen molar-refractivity contribution in [2.24, 2.45) is 0 Å². The van der Waals surface area contributed by atoms with Gasteiger partial charge in [0, 0.05) is 0 Å². The van der Waals surface area contributed by atoms with Gasteiger partial charge in [0.2, 0.25) is 0 Å². The molecule has 2 aromatic rings. The molecular formula is C15H17ClN2O2. The van der Waals surface area contributed by atoms with Gasteiger partial charge in [-0.1, -0.05) is 23.7 Å². The lowest BCUT2D eigenvalue weighted by Gasteiger charge is -2.10. The maximum Gasteiger partial charge on any atom is 0.163 e. The number of Topliss-reactive ketones (excluding diaryl/α,β-unsaturated/α-hetero) is 1. The predicted octanol–water partition coefficient (Wildman–Crippen LogP) is 3.43. The zero-order chi connectivity index (χ0) is 14.7. The van der Waals surface area contributed by atoms with Crippen molar-refractivity contribution in [3.05, 3.63) is 46.2 Å². The Morgan fingerprint density at radius 3 is 2.65 bits per heavy atom. The van der Waals surface area contributed by atoms with Crippen LogP contribution in [0.3, 0.4) is 0 Å². The number of carbonyl (C=O) groups excluding carboxylic acids is 1. The van der Waals surface area contributed by atoms with E-state index in [-0.39, 0.29) is 5.78 Å². The first-order valence-electron chi connectivity index (χ1n) is 6.43. The molecule has 0 aliphatic heterocycles. The summed E-state index contributed by atoms with van der Waals surface area (Å²) >= 11 is 6.09. The second kappa shape index (κ2) is 6.09. The average Bonchev–Trinajstić information content (AvgIpc) is 2.67. The van der Waals surface area contributed by atoms with Gasteiger partial charge in [-0.3, -0.25) is 9.48 Å². The van der Waals surface area contributed by atoms with Crippen LogP contribution >= 0.6 is 11.6 Å². The van der Waals surface area contributed by atoms with Crippen LogP contribution in [0.1, 0.15) is 28.7 Å². The number of aromatic nitrogens is 2. The van der Waals surface area contributed by atoms with Crippen molar-refractivity contribution < 1.29 is 9.53 Å². The van der Waals surface area contributed by atoms with Crippen molar-refractivity contribution >= 4 is 17.4 Å². The van der Waals surface area contributed by atoms with Crippen LogP contribution in [0.5, 0.6) is 5.75 Å². The van der Waals surface area contributed by atoms with Gasteiger partial charge in [-0.25, -0.2) is 0 Å². The summed E-state index contributed by atoms with van der Waals surface area (Å²) in [5.41, 5.74) is 2.33. The third-order valence-corrected chi connectivity index (χ3v) is 3.67. The van der Waals surface area contributed by atoms with Gasteiger partial charge in [0.25, 0.3) is 0 Å². The Bertz CT molecular complexity index is 635. The third kappa shape index (κ3) is 3.02. The number of aryl methyl sites for hydroxylation is 1. The number of benzene rings is 1. The van der Waals surface area contributed by atoms with E-state index in [4.69, 9.17) is 16.3 Å². The zero-order valence-electron chi connectivity index (χ0n) is 11.8. The molecule has 1 heterocycles. The number of nitrogens with zero attached hydrogens (tertiary/aromatic N) is 2. The molecule has 0 saturated carbocycles. The fraction of sp³-hybridized carbons (Fsp3) is 0.333. The molecule has 0 atom stereocenters. The van der Waals surface area contributed by atoms with E-state index in [0.29, 0.717) is 29.5 Å². The normalized spacial score (nSPS) is 10.6. The number of rotatable bonds is 5. The van der Waals surface area contributed by atoms with Crippen LogP contribution in [0.4, 0.5) is 0 Å². The molecule has 0 saturated heterocycles. The lowest BCUT2D eigenvalue weighted by Crippen LogP contribution is -2.12. The minimum Gasteiger partial charge on any atom is -0.491 e. The number of halogens is 1. The number of ether oxygens (including phenoxy) is 1. The Kier molecular flexibility index (Phi) is 4.45. The Morgan fingerprint density at radius 2 is 2.05 bits per heavy atom. The molecule has 0 fully saturated rings. The molecule has 0 unspecified atom stereocenters. The summed E-state index contributed by atoms with van der Waals surface area (Å²) in [7, 11) is 0. The van der Waals surface area contributed by atoms with Gasteiger partial charge in [0.15, 0.2) is 5.78 Å². The molecule has 0 spiro atoms. The molecule has 0 aliphatic rings. The minimum atomic E-state index is -0.00485. The molecule has 0 aliphatic carbocycles. The first-order valence-corrected chi connectivity index (χ1v) is 6.80. The van der Waals surface area contributed by atoms with E-state index >= 15 is 0 Å². The Balaban J connectivity index is 2.03. The zero-order valence-corrected chi connectivity index (χ0v) is 12.6. The van der Waals surface area contributed by atoms with E-state index in [1.807, 2.05) is 30.7 Å². The summed E-state index contributed by atoms with van der Waals surface area (Å²) in [6, 6.07) is 7.23. The summed E-state index contributed by atoms with van der Waals surface area (Å²) in [6.07, 6.45) is 0. The monoisotopic (exact) mass is 292 g/mol. The molecule has 4 nitrogen and oxygen atoms in total. The summed E-state index contributed by atoms with van der Waals surface area (Å²) in [5, 5.41) is 5.03. The fourth-order valence-electron chi connectivity index (χ4n) is 2.02. The summed E-state index contributed by atoms with van der Waals surface area (Å²) in [4.78, 5) is 11.5. The molecule has 106 valence electrons. The second-order valence-corrected chi connectivity index (χ2v) is 4.99. The summed E-state index contributed by atoms with van der Waals surface area (Å²) in [5.74, 6) is 0.599. The molecule has 20 heavy (non-hydrogen) atoms. The predicted molar refractivity (Wildman–Crippen MR) is 78.7 cm³/mol. The molecule has 0 N–H and O–H groups in total. The first-order chi connectivity index (χ1) is 9.50. The van der Waals surface area contributed by atoms with Gasteiger partial charge in [0.1, 0.15) is 12.4 Å². The largest absolute Gasteiger partial charge is 0.491 e. The highest BCUT2D eigenvalue weighted by atomic mass is 35.5. The standard InChI is InChI=1S/C15H17ClN2O2/c1-10-15(16)11(2)18(17-10)8-9-20-14-7-5-4-6-13(14)12(3)19/h4-7H,8-9H2,1-3H3. The van der Waals surface area contributed by atoms with Crippen molar-refractivity contribution in [2.45, 2.75) is 27.3 Å². The maximum atomic E-state index is 11.5. The quantitative estimate of drug-likeness (QED) is 0.793. The molecule has 0 bridgehead atoms. The summed E-state index contributed by atoms with van der Waals surface area (Å²) < 4.78 is 7.50. The smallest absolute Gasteiger partial charge is 0.163 e. The molecule has 5 heteroatoms. The van der Waals surface area contributed by atoms with Crippen LogP contribution in [0, 0.1) is 13.8 Å². The van der Waals surface area contributed by atoms with Crippen LogP contribution in [-0.2, 0) is 6.54 Å². The molecular weight excluding hydrogens is 276 g/mol. The number of ketones is 1. The number of para-hydroxylation sites is 1. The van der Waals surface area contributed by atoms with Crippen molar-refractivity contribution in [1.82, 2.24) is 9.78 Å². The van der Waals surface area contributed by atoms with E-state index in [1.54, 1.807) is 12.1 Å². The van der Waals surface area contributed by atoms with Gasteiger partial charge in [0.05, 0.1) is 28.5 Å². The van der Waals surface area contributed by atoms with Crippen molar-refractivity contribution in [3.8, 4) is 5.75 Å². The molecule has 1 aromatic carbocycles. The Hall–Kier alpha value is -1.81. The highest BCUT2D eigenvalue weighted by Gasteiger charge is 2.10. The maximum absolute atomic E-state index is 11.5. The lowest BCUT2D eigenvalue weighted by atomic mass is 10.1. The molecule has 2 rings (SSSR count). The van der Waals surface area contributed by atoms with E-state index in [9.17, 15) is 4.79 Å². The SMILES string of the molecule is CC(=O)c1ccccc1OCCn1nc(C)c(Cl)c1C. The average molecular weight is 293 g/mol. The number of hydrogen-bond donors (Lipinski definition) is 0. The first kappa shape index (κ1) is 14.6. The third-order valence-electron chi connectivity index (χ3n) is 3.12. The van der Waals surface area contributed by atoms with Gasteiger partial charge in [-0.2, -0.15) is 5.10 Å². The van der Waals surface area contributed by atoms with Crippen molar-refractivity contribution in [2.75, 3.05) is 6.61 Å². The van der Waals surface area contributed by atoms with E-state index in [0.717, 1.165) is 11.4 Å². The molecule has 0 radical (unpaired) electrons. The van der Waals surface area contributed by atoms with Gasteiger partial charge < -0.3 is 4.74 Å². The van der Waals surface area contributed by atoms with E-state index in [2.05, 4.69) is 5.10 Å². The van der Waals surface area contributed by atoms with E-state index in [1.165, 1.54) is 6.92 Å². The fourth-order valence-corrected chi connectivity index (χ4v) is 2.15. The van der Waals surface area contributed by atoms with Crippen LogP contribution in [0.25, 0.3) is 0 Å². The molecule has 0 amide bonds. The Labute approximate surface area is 123 Å². The van der Waals surface area contributed by atoms with Crippen molar-refractivity contribution in [3.63, 3.8) is 0 Å². The van der Waals surface area contributed by atoms with Gasteiger partial charge >= 0.3 is 0 Å². The summed E-state index contributed by atoms with van der Waals surface area (Å²) in [6.45, 7) is 6.35. The van der Waals surface area contributed by atoms with Gasteiger partial charge in [-0.15, -0.1) is 0 Å². The van der Waals surface area contributed by atoms with Crippen LogP contribution in [-0.4, -0.2) is 22.2 Å². The highest BCUT2D eigenvalue weighted by Crippen LogP contribution is 2.20. The van der Waals surface area contributed by atoms with E-state index < -0.39 is 0 Å².